The Morgan fingerprint density at radius 3 is 2.41 bits per heavy atom. The number of carbonyl (C=O) groups excluding carboxylic acids is 1. The molecule has 1 aliphatic carbocycles. The lowest BCUT2D eigenvalue weighted by Gasteiger charge is -2.39. The Labute approximate surface area is 155 Å². The first-order valence-electron chi connectivity index (χ1n) is 8.13. The Morgan fingerprint density at radius 2 is 1.81 bits per heavy atom. The fourth-order valence-corrected chi connectivity index (χ4v) is 2.85. The van der Waals surface area contributed by atoms with E-state index in [1.807, 2.05) is 0 Å². The lowest BCUT2D eigenvalue weighted by molar-refractivity contribution is -0.196. The normalized spacial score (nSPS) is 28.0. The van der Waals surface area contributed by atoms with E-state index in [9.17, 15) is 24.9 Å². The summed E-state index contributed by atoms with van der Waals surface area (Å²) in [6.07, 6.45) is -2.98. The molecule has 0 unspecified atom stereocenters. The number of aliphatic carboxylic acids is 1. The molecule has 9 heteroatoms. The van der Waals surface area contributed by atoms with Crippen molar-refractivity contribution in [3.63, 3.8) is 0 Å². The average molecular weight is 382 g/mol. The lowest BCUT2D eigenvalue weighted by atomic mass is 9.79. The number of carboxylic acids is 1. The quantitative estimate of drug-likeness (QED) is 0.394. The predicted octanol–water partition coefficient (Wildman–Crippen LogP) is -0.0399. The Bertz CT molecular complexity index is 730. The van der Waals surface area contributed by atoms with Crippen LogP contribution in [-0.4, -0.2) is 70.5 Å². The van der Waals surface area contributed by atoms with Crippen molar-refractivity contribution in [3.05, 3.63) is 29.8 Å². The molecule has 0 radical (unpaired) electrons. The minimum absolute atomic E-state index is 0.463. The number of carbonyl (C=O) groups is 2. The summed E-state index contributed by atoms with van der Waals surface area (Å²) < 4.78 is 15.3. The van der Waals surface area contributed by atoms with E-state index >= 15 is 0 Å². The number of carboxylic acid groups (broad SMARTS) is 1. The molecule has 0 aromatic heterocycles. The van der Waals surface area contributed by atoms with Crippen molar-refractivity contribution in [1.82, 2.24) is 0 Å². The highest BCUT2D eigenvalue weighted by molar-refractivity contribution is 5.87. The Morgan fingerprint density at radius 1 is 1.15 bits per heavy atom. The zero-order chi connectivity index (χ0) is 20.2. The molecule has 0 amide bonds. The summed E-state index contributed by atoms with van der Waals surface area (Å²) in [6.45, 7) is 0. The molecule has 1 aromatic carbocycles. The molecular weight excluding hydrogens is 360 g/mol. The van der Waals surface area contributed by atoms with Gasteiger partial charge in [0, 0.05) is 18.9 Å². The van der Waals surface area contributed by atoms with Crippen molar-refractivity contribution in [2.45, 2.75) is 36.8 Å². The van der Waals surface area contributed by atoms with Crippen LogP contribution in [0.1, 0.15) is 18.4 Å². The standard InChI is InChI=1S/C18H22O9/c1-25-12-5-3-10(7-13(12)26-2)4-6-15(20)27-14-9-18(24,17(22)23)8-11(19)16(14)21/h3-7,11,14,16,19,21,24H,8-9H2,1-2H3,(H,22,23)/b6-4+/t11-,14-,16-,18+/m0/s1. The van der Waals surface area contributed by atoms with Gasteiger partial charge in [0.15, 0.2) is 17.1 Å². The van der Waals surface area contributed by atoms with E-state index < -0.39 is 48.7 Å². The first-order valence-corrected chi connectivity index (χ1v) is 8.13. The molecule has 4 atom stereocenters. The van der Waals surface area contributed by atoms with Gasteiger partial charge in [-0.15, -0.1) is 0 Å². The van der Waals surface area contributed by atoms with Crippen LogP contribution in [0.5, 0.6) is 11.5 Å². The Kier molecular flexibility index (Phi) is 6.42. The van der Waals surface area contributed by atoms with Gasteiger partial charge in [-0.05, 0) is 23.8 Å². The summed E-state index contributed by atoms with van der Waals surface area (Å²) in [6, 6.07) is 4.95. The van der Waals surface area contributed by atoms with Gasteiger partial charge in [0.2, 0.25) is 0 Å². The van der Waals surface area contributed by atoms with E-state index in [0.717, 1.165) is 6.08 Å². The van der Waals surface area contributed by atoms with E-state index in [0.29, 0.717) is 17.1 Å². The maximum atomic E-state index is 12.0. The highest BCUT2D eigenvalue weighted by Gasteiger charge is 2.50. The van der Waals surface area contributed by atoms with Gasteiger partial charge >= 0.3 is 11.9 Å². The molecule has 0 spiro atoms. The summed E-state index contributed by atoms with van der Waals surface area (Å²) in [4.78, 5) is 23.2. The molecule has 1 saturated carbocycles. The predicted molar refractivity (Wildman–Crippen MR) is 92.3 cm³/mol. The van der Waals surface area contributed by atoms with Crippen LogP contribution in [0.15, 0.2) is 24.3 Å². The molecule has 148 valence electrons. The van der Waals surface area contributed by atoms with Gasteiger partial charge in [0.25, 0.3) is 0 Å². The Balaban J connectivity index is 2.08. The molecule has 27 heavy (non-hydrogen) atoms. The van der Waals surface area contributed by atoms with Crippen LogP contribution < -0.4 is 9.47 Å². The number of methoxy groups -OCH3 is 2. The molecule has 0 saturated heterocycles. The maximum Gasteiger partial charge on any atom is 0.335 e. The fourth-order valence-electron chi connectivity index (χ4n) is 2.85. The van der Waals surface area contributed by atoms with Gasteiger partial charge in [-0.3, -0.25) is 0 Å². The zero-order valence-corrected chi connectivity index (χ0v) is 14.9. The topological polar surface area (TPSA) is 143 Å². The summed E-state index contributed by atoms with van der Waals surface area (Å²) in [5.41, 5.74) is -1.67. The largest absolute Gasteiger partial charge is 0.493 e. The molecule has 1 fully saturated rings. The number of hydrogen-bond acceptors (Lipinski definition) is 8. The van der Waals surface area contributed by atoms with Crippen molar-refractivity contribution >= 4 is 18.0 Å². The molecule has 0 heterocycles. The van der Waals surface area contributed by atoms with Crippen LogP contribution in [0, 0.1) is 0 Å². The third kappa shape index (κ3) is 4.76. The van der Waals surface area contributed by atoms with Crippen LogP contribution in [0.3, 0.4) is 0 Å². The smallest absolute Gasteiger partial charge is 0.335 e. The van der Waals surface area contributed by atoms with Gasteiger partial charge in [-0.2, -0.15) is 0 Å². The number of hydrogen-bond donors (Lipinski definition) is 4. The highest BCUT2D eigenvalue weighted by Crippen LogP contribution is 2.31. The second-order valence-corrected chi connectivity index (χ2v) is 6.23. The molecule has 1 aromatic rings. The SMILES string of the molecule is COc1ccc(/C=C/C(=O)O[C@H]2C[C@@](O)(C(=O)O)C[C@H](O)[C@@H]2O)cc1OC. The lowest BCUT2D eigenvalue weighted by Crippen LogP contribution is -2.57. The fraction of sp³-hybridized carbons (Fsp3) is 0.444. The molecule has 0 bridgehead atoms. The number of rotatable bonds is 6. The highest BCUT2D eigenvalue weighted by atomic mass is 16.6. The Hall–Kier alpha value is -2.62. The van der Waals surface area contributed by atoms with Crippen molar-refractivity contribution < 1.29 is 44.2 Å². The molecule has 9 nitrogen and oxygen atoms in total. The van der Waals surface area contributed by atoms with Crippen LogP contribution in [0.2, 0.25) is 0 Å². The van der Waals surface area contributed by atoms with E-state index in [-0.39, 0.29) is 0 Å². The van der Waals surface area contributed by atoms with Crippen molar-refractivity contribution in [3.8, 4) is 11.5 Å². The van der Waals surface area contributed by atoms with Crippen LogP contribution in [0.25, 0.3) is 6.08 Å². The molecular formula is C18H22O9. The first-order chi connectivity index (χ1) is 12.7. The van der Waals surface area contributed by atoms with Crippen LogP contribution in [-0.2, 0) is 14.3 Å². The third-order valence-corrected chi connectivity index (χ3v) is 4.35. The number of esters is 1. The van der Waals surface area contributed by atoms with E-state index in [4.69, 9.17) is 19.3 Å². The van der Waals surface area contributed by atoms with Crippen LogP contribution >= 0.6 is 0 Å². The zero-order valence-electron chi connectivity index (χ0n) is 14.9. The molecule has 1 aliphatic rings. The minimum Gasteiger partial charge on any atom is -0.493 e. The average Bonchev–Trinajstić information content (AvgIpc) is 2.63. The number of aliphatic hydroxyl groups is 3. The monoisotopic (exact) mass is 382 g/mol. The van der Waals surface area contributed by atoms with Gasteiger partial charge in [0.1, 0.15) is 12.2 Å². The number of benzene rings is 1. The molecule has 2 rings (SSSR count). The van der Waals surface area contributed by atoms with Crippen molar-refractivity contribution in [2.24, 2.45) is 0 Å². The van der Waals surface area contributed by atoms with Gasteiger partial charge < -0.3 is 34.6 Å². The summed E-state index contributed by atoms with van der Waals surface area (Å²) in [5.74, 6) is -1.44. The van der Waals surface area contributed by atoms with Gasteiger partial charge in [-0.1, -0.05) is 6.07 Å². The number of aliphatic hydroxyl groups excluding tert-OH is 2. The van der Waals surface area contributed by atoms with Crippen molar-refractivity contribution in [1.29, 1.82) is 0 Å². The second-order valence-electron chi connectivity index (χ2n) is 6.23. The maximum absolute atomic E-state index is 12.0. The van der Waals surface area contributed by atoms with E-state index in [1.165, 1.54) is 20.3 Å². The minimum atomic E-state index is -2.28. The molecule has 0 aliphatic heterocycles. The van der Waals surface area contributed by atoms with E-state index in [1.54, 1.807) is 18.2 Å². The summed E-state index contributed by atoms with van der Waals surface area (Å²) >= 11 is 0. The summed E-state index contributed by atoms with van der Waals surface area (Å²) in [5, 5.41) is 38.8. The van der Waals surface area contributed by atoms with Gasteiger partial charge in [0.05, 0.1) is 20.3 Å². The first kappa shape index (κ1) is 20.7. The third-order valence-electron chi connectivity index (χ3n) is 4.35. The van der Waals surface area contributed by atoms with E-state index in [2.05, 4.69) is 0 Å². The van der Waals surface area contributed by atoms with Crippen molar-refractivity contribution in [2.75, 3.05) is 14.2 Å². The number of ether oxygens (including phenoxy) is 3. The summed E-state index contributed by atoms with van der Waals surface area (Å²) in [7, 11) is 2.96. The second kappa shape index (κ2) is 8.38. The molecule has 4 N–H and O–H groups in total. The van der Waals surface area contributed by atoms with Crippen LogP contribution in [0.4, 0.5) is 0 Å². The van der Waals surface area contributed by atoms with Gasteiger partial charge in [-0.25, -0.2) is 9.59 Å².